The molecule has 20 heavy (non-hydrogen) atoms. The first kappa shape index (κ1) is 17.0. The number of rotatable bonds is 7. The Bertz CT molecular complexity index is 330. The monoisotopic (exact) mass is 285 g/mol. The lowest BCUT2D eigenvalue weighted by molar-refractivity contribution is -0.143. The molecule has 1 N–H and O–H groups in total. The van der Waals surface area contributed by atoms with Crippen molar-refractivity contribution in [3.05, 3.63) is 0 Å². The van der Waals surface area contributed by atoms with E-state index in [-0.39, 0.29) is 37.6 Å². The Kier molecular flexibility index (Phi) is 6.99. The van der Waals surface area contributed by atoms with E-state index in [0.717, 1.165) is 19.3 Å². The quantitative estimate of drug-likeness (QED) is 0.779. The molecule has 0 heterocycles. The summed E-state index contributed by atoms with van der Waals surface area (Å²) in [5, 5.41) is 8.73. The van der Waals surface area contributed by atoms with Gasteiger partial charge in [0.15, 0.2) is 0 Å². The van der Waals surface area contributed by atoms with Crippen molar-refractivity contribution >= 4 is 11.9 Å². The first-order valence-electron chi connectivity index (χ1n) is 7.54. The molecule has 1 aliphatic rings. The summed E-state index contributed by atoms with van der Waals surface area (Å²) < 4.78 is 5.76. The van der Waals surface area contributed by atoms with Crippen LogP contribution in [0.4, 0.5) is 0 Å². The Morgan fingerprint density at radius 3 is 2.50 bits per heavy atom. The van der Waals surface area contributed by atoms with Crippen LogP contribution in [0.2, 0.25) is 0 Å². The number of ether oxygens (including phenoxy) is 1. The van der Waals surface area contributed by atoms with Gasteiger partial charge in [-0.3, -0.25) is 9.59 Å². The minimum Gasteiger partial charge on any atom is -0.481 e. The van der Waals surface area contributed by atoms with Crippen LogP contribution in [0, 0.1) is 5.92 Å². The molecule has 1 saturated carbocycles. The summed E-state index contributed by atoms with van der Waals surface area (Å²) >= 11 is 0. The van der Waals surface area contributed by atoms with Gasteiger partial charge in [-0.2, -0.15) is 0 Å². The lowest BCUT2D eigenvalue weighted by atomic mass is 9.88. The Labute approximate surface area is 121 Å². The number of nitrogens with zero attached hydrogens (tertiary/aromatic N) is 1. The highest BCUT2D eigenvalue weighted by Gasteiger charge is 2.24. The van der Waals surface area contributed by atoms with Crippen molar-refractivity contribution in [1.29, 1.82) is 0 Å². The fourth-order valence-electron chi connectivity index (χ4n) is 2.68. The minimum absolute atomic E-state index is 0.00534. The average molecular weight is 285 g/mol. The molecule has 2 unspecified atom stereocenters. The fourth-order valence-corrected chi connectivity index (χ4v) is 2.68. The zero-order valence-electron chi connectivity index (χ0n) is 12.8. The highest BCUT2D eigenvalue weighted by Crippen LogP contribution is 2.26. The lowest BCUT2D eigenvalue weighted by Crippen LogP contribution is -2.42. The number of carboxylic acid groups (broad SMARTS) is 1. The van der Waals surface area contributed by atoms with Gasteiger partial charge in [-0.05, 0) is 32.6 Å². The molecular formula is C15H27NO4. The van der Waals surface area contributed by atoms with Gasteiger partial charge < -0.3 is 14.7 Å². The molecule has 0 aromatic carbocycles. The summed E-state index contributed by atoms with van der Waals surface area (Å²) in [4.78, 5) is 24.4. The molecular weight excluding hydrogens is 258 g/mol. The standard InChI is InChI=1S/C15H27NO4/c1-11(2)16(9-8-15(18)19)14(17)10-20-13-7-5-4-6-12(13)3/h11-13H,4-10H2,1-3H3,(H,18,19). The summed E-state index contributed by atoms with van der Waals surface area (Å²) in [7, 11) is 0. The van der Waals surface area contributed by atoms with Gasteiger partial charge in [0.2, 0.25) is 5.91 Å². The normalized spacial score (nSPS) is 22.8. The average Bonchev–Trinajstić information content (AvgIpc) is 2.37. The number of carbonyl (C=O) groups is 2. The van der Waals surface area contributed by atoms with Crippen LogP contribution in [0.1, 0.15) is 52.9 Å². The van der Waals surface area contributed by atoms with Crippen molar-refractivity contribution in [3.63, 3.8) is 0 Å². The molecule has 0 aromatic rings. The molecule has 1 fully saturated rings. The maximum atomic E-state index is 12.2. The van der Waals surface area contributed by atoms with E-state index in [0.29, 0.717) is 5.92 Å². The first-order chi connectivity index (χ1) is 9.41. The lowest BCUT2D eigenvalue weighted by Gasteiger charge is -2.31. The van der Waals surface area contributed by atoms with Gasteiger partial charge in [-0.25, -0.2) is 0 Å². The largest absolute Gasteiger partial charge is 0.481 e. The minimum atomic E-state index is -0.884. The van der Waals surface area contributed by atoms with E-state index in [1.54, 1.807) is 4.90 Å². The molecule has 0 spiro atoms. The molecule has 0 saturated heterocycles. The molecule has 0 aromatic heterocycles. The number of amides is 1. The van der Waals surface area contributed by atoms with Crippen LogP contribution in [0.25, 0.3) is 0 Å². The van der Waals surface area contributed by atoms with Crippen LogP contribution < -0.4 is 0 Å². The van der Waals surface area contributed by atoms with Crippen LogP contribution in [-0.4, -0.2) is 47.2 Å². The van der Waals surface area contributed by atoms with Crippen LogP contribution in [-0.2, 0) is 14.3 Å². The van der Waals surface area contributed by atoms with Gasteiger partial charge in [0.1, 0.15) is 6.61 Å². The summed E-state index contributed by atoms with van der Waals surface area (Å²) in [5.74, 6) is -0.493. The number of hydrogen-bond donors (Lipinski definition) is 1. The van der Waals surface area contributed by atoms with E-state index in [2.05, 4.69) is 6.92 Å². The zero-order chi connectivity index (χ0) is 15.1. The third kappa shape index (κ3) is 5.49. The maximum absolute atomic E-state index is 12.2. The van der Waals surface area contributed by atoms with Gasteiger partial charge in [-0.15, -0.1) is 0 Å². The topological polar surface area (TPSA) is 66.8 Å². The van der Waals surface area contributed by atoms with E-state index >= 15 is 0 Å². The summed E-state index contributed by atoms with van der Waals surface area (Å²) in [6.07, 6.45) is 4.73. The molecule has 1 aliphatic carbocycles. The number of hydrogen-bond acceptors (Lipinski definition) is 3. The third-order valence-electron chi connectivity index (χ3n) is 3.96. The SMILES string of the molecule is CC1CCCCC1OCC(=O)N(CCC(=O)O)C(C)C. The number of carbonyl (C=O) groups excluding carboxylic acids is 1. The maximum Gasteiger partial charge on any atom is 0.305 e. The molecule has 2 atom stereocenters. The smallest absolute Gasteiger partial charge is 0.305 e. The zero-order valence-corrected chi connectivity index (χ0v) is 12.8. The second kappa shape index (κ2) is 8.25. The van der Waals surface area contributed by atoms with Crippen LogP contribution in [0.15, 0.2) is 0 Å². The Balaban J connectivity index is 2.42. The van der Waals surface area contributed by atoms with Crippen molar-refractivity contribution in [1.82, 2.24) is 4.90 Å². The Hall–Kier alpha value is -1.10. The molecule has 0 bridgehead atoms. The van der Waals surface area contributed by atoms with Crippen molar-refractivity contribution in [2.45, 2.75) is 65.0 Å². The van der Waals surface area contributed by atoms with Gasteiger partial charge in [-0.1, -0.05) is 19.8 Å². The first-order valence-corrected chi connectivity index (χ1v) is 7.54. The van der Waals surface area contributed by atoms with E-state index in [9.17, 15) is 9.59 Å². The molecule has 116 valence electrons. The predicted octanol–water partition coefficient (Wildman–Crippen LogP) is 2.29. The van der Waals surface area contributed by atoms with Gasteiger partial charge in [0, 0.05) is 12.6 Å². The van der Waals surface area contributed by atoms with Crippen molar-refractivity contribution in [2.24, 2.45) is 5.92 Å². The van der Waals surface area contributed by atoms with Gasteiger partial charge in [0.05, 0.1) is 12.5 Å². The Morgan fingerprint density at radius 2 is 1.95 bits per heavy atom. The number of aliphatic carboxylic acids is 1. The van der Waals surface area contributed by atoms with Crippen molar-refractivity contribution in [3.8, 4) is 0 Å². The van der Waals surface area contributed by atoms with Crippen LogP contribution in [0.3, 0.4) is 0 Å². The van der Waals surface area contributed by atoms with E-state index < -0.39 is 5.97 Å². The highest BCUT2D eigenvalue weighted by atomic mass is 16.5. The van der Waals surface area contributed by atoms with Crippen LogP contribution >= 0.6 is 0 Å². The van der Waals surface area contributed by atoms with Crippen molar-refractivity contribution < 1.29 is 19.4 Å². The molecule has 1 amide bonds. The van der Waals surface area contributed by atoms with Gasteiger partial charge >= 0.3 is 5.97 Å². The van der Waals surface area contributed by atoms with E-state index in [1.165, 1.54) is 6.42 Å². The third-order valence-corrected chi connectivity index (χ3v) is 3.96. The highest BCUT2D eigenvalue weighted by molar-refractivity contribution is 5.78. The molecule has 1 rings (SSSR count). The van der Waals surface area contributed by atoms with E-state index in [1.807, 2.05) is 13.8 Å². The van der Waals surface area contributed by atoms with Crippen LogP contribution in [0.5, 0.6) is 0 Å². The second-order valence-electron chi connectivity index (χ2n) is 5.94. The van der Waals surface area contributed by atoms with Gasteiger partial charge in [0.25, 0.3) is 0 Å². The summed E-state index contributed by atoms with van der Waals surface area (Å²) in [6, 6.07) is -0.00534. The predicted molar refractivity (Wildman–Crippen MR) is 76.5 cm³/mol. The number of carboxylic acids is 1. The van der Waals surface area contributed by atoms with E-state index in [4.69, 9.17) is 9.84 Å². The molecule has 0 aliphatic heterocycles. The Morgan fingerprint density at radius 1 is 1.30 bits per heavy atom. The fraction of sp³-hybridized carbons (Fsp3) is 0.867. The molecule has 5 heteroatoms. The second-order valence-corrected chi connectivity index (χ2v) is 5.94. The summed E-state index contributed by atoms with van der Waals surface area (Å²) in [5.41, 5.74) is 0. The summed E-state index contributed by atoms with van der Waals surface area (Å²) in [6.45, 7) is 6.26. The molecule has 5 nitrogen and oxygen atoms in total. The van der Waals surface area contributed by atoms with Crippen molar-refractivity contribution in [2.75, 3.05) is 13.2 Å². The molecule has 0 radical (unpaired) electrons.